The average molecular weight is 474 g/mol. The van der Waals surface area contributed by atoms with Gasteiger partial charge in [-0.3, -0.25) is 14.5 Å². The zero-order chi connectivity index (χ0) is 24.9. The van der Waals surface area contributed by atoms with Crippen molar-refractivity contribution in [1.29, 1.82) is 0 Å². The van der Waals surface area contributed by atoms with Crippen LogP contribution in [0, 0.1) is 0 Å². The van der Waals surface area contributed by atoms with Crippen molar-refractivity contribution < 1.29 is 28.9 Å². The van der Waals surface area contributed by atoms with Gasteiger partial charge in [0.1, 0.15) is 23.0 Å². The molecule has 1 aliphatic rings. The molecule has 1 amide bonds. The van der Waals surface area contributed by atoms with Crippen LogP contribution in [0.1, 0.15) is 30.5 Å². The number of amides is 1. The number of aliphatic hydroxyl groups is 1. The normalized spacial score (nSPS) is 16.9. The molecule has 0 aliphatic carbocycles. The third kappa shape index (κ3) is 4.71. The van der Waals surface area contributed by atoms with Gasteiger partial charge in [0.05, 0.1) is 32.4 Å². The zero-order valence-corrected chi connectivity index (χ0v) is 19.9. The van der Waals surface area contributed by atoms with Gasteiger partial charge in [0.15, 0.2) is 0 Å². The lowest BCUT2D eigenvalue weighted by atomic mass is 9.95. The molecule has 0 spiro atoms. The van der Waals surface area contributed by atoms with E-state index in [0.29, 0.717) is 40.7 Å². The van der Waals surface area contributed by atoms with Crippen LogP contribution < -0.4 is 19.1 Å². The van der Waals surface area contributed by atoms with Crippen LogP contribution >= 0.6 is 0 Å². The van der Waals surface area contributed by atoms with Gasteiger partial charge in [-0.2, -0.15) is 0 Å². The molecule has 0 radical (unpaired) electrons. The van der Waals surface area contributed by atoms with Crippen molar-refractivity contribution in [2.24, 2.45) is 0 Å². The number of hydrogen-bond donors (Lipinski definition) is 1. The number of ether oxygens (including phenoxy) is 3. The van der Waals surface area contributed by atoms with Crippen LogP contribution in [0.3, 0.4) is 0 Å². The molecule has 0 aromatic heterocycles. The summed E-state index contributed by atoms with van der Waals surface area (Å²) in [4.78, 5) is 28.1. The Morgan fingerprint density at radius 2 is 1.54 bits per heavy atom. The second kappa shape index (κ2) is 10.3. The van der Waals surface area contributed by atoms with Crippen LogP contribution in [0.25, 0.3) is 5.76 Å². The fourth-order valence-corrected chi connectivity index (χ4v) is 4.09. The summed E-state index contributed by atoms with van der Waals surface area (Å²) in [7, 11) is 3.05. The van der Waals surface area contributed by atoms with Crippen molar-refractivity contribution in [3.63, 3.8) is 0 Å². The molecule has 4 rings (SSSR count). The first-order chi connectivity index (χ1) is 17.0. The molecule has 3 aromatic rings. The van der Waals surface area contributed by atoms with Gasteiger partial charge >= 0.3 is 0 Å². The molecule has 1 saturated heterocycles. The van der Waals surface area contributed by atoms with E-state index in [4.69, 9.17) is 14.2 Å². The first kappa shape index (κ1) is 23.9. The highest BCUT2D eigenvalue weighted by Crippen LogP contribution is 2.43. The van der Waals surface area contributed by atoms with E-state index in [1.165, 1.54) is 19.1 Å². The second-order valence-corrected chi connectivity index (χ2v) is 8.02. The number of anilines is 1. The van der Waals surface area contributed by atoms with E-state index in [-0.39, 0.29) is 11.3 Å². The van der Waals surface area contributed by atoms with E-state index >= 15 is 0 Å². The number of carbonyl (C=O) groups is 2. The number of nitrogens with zero attached hydrogens (tertiary/aromatic N) is 1. The van der Waals surface area contributed by atoms with Gasteiger partial charge in [0, 0.05) is 17.3 Å². The standard InChI is InChI=1S/C28H27NO6/c1-4-14-35-23-13-5-8-18(15-23)25-24(26(30)19-9-6-11-21(16-19)33-2)27(31)28(32)29(25)20-10-7-12-22(17-20)34-3/h5-13,15-17,25,30H,4,14H2,1-3H3/b26-24+. The number of ketones is 1. The lowest BCUT2D eigenvalue weighted by molar-refractivity contribution is -0.132. The van der Waals surface area contributed by atoms with Crippen LogP contribution in [-0.4, -0.2) is 37.6 Å². The number of benzene rings is 3. The first-order valence-electron chi connectivity index (χ1n) is 11.3. The fourth-order valence-electron chi connectivity index (χ4n) is 4.09. The van der Waals surface area contributed by atoms with E-state index in [0.717, 1.165) is 6.42 Å². The van der Waals surface area contributed by atoms with Gasteiger partial charge in [-0.1, -0.05) is 37.3 Å². The van der Waals surface area contributed by atoms with Crippen molar-refractivity contribution in [2.45, 2.75) is 19.4 Å². The quantitative estimate of drug-likeness (QED) is 0.278. The molecule has 1 heterocycles. The van der Waals surface area contributed by atoms with Crippen molar-refractivity contribution >= 4 is 23.1 Å². The third-order valence-corrected chi connectivity index (χ3v) is 5.77. The molecule has 0 bridgehead atoms. The maximum absolute atomic E-state index is 13.4. The Kier molecular flexibility index (Phi) is 7.06. The summed E-state index contributed by atoms with van der Waals surface area (Å²) < 4.78 is 16.4. The van der Waals surface area contributed by atoms with Crippen LogP contribution in [0.2, 0.25) is 0 Å². The van der Waals surface area contributed by atoms with Crippen LogP contribution in [-0.2, 0) is 9.59 Å². The van der Waals surface area contributed by atoms with Crippen molar-refractivity contribution in [1.82, 2.24) is 0 Å². The molecule has 7 heteroatoms. The summed E-state index contributed by atoms with van der Waals surface area (Å²) in [6.45, 7) is 2.54. The van der Waals surface area contributed by atoms with Gasteiger partial charge in [0.25, 0.3) is 11.7 Å². The van der Waals surface area contributed by atoms with Crippen molar-refractivity contribution in [3.8, 4) is 17.2 Å². The fraction of sp³-hybridized carbons (Fsp3) is 0.214. The summed E-state index contributed by atoms with van der Waals surface area (Å²) in [6, 6.07) is 20.0. The Bertz CT molecular complexity index is 1280. The van der Waals surface area contributed by atoms with Crippen molar-refractivity contribution in [3.05, 3.63) is 89.5 Å². The maximum atomic E-state index is 13.4. The Balaban J connectivity index is 1.92. The highest BCUT2D eigenvalue weighted by Gasteiger charge is 2.47. The highest BCUT2D eigenvalue weighted by molar-refractivity contribution is 6.51. The number of hydrogen-bond acceptors (Lipinski definition) is 6. The topological polar surface area (TPSA) is 85.3 Å². The Morgan fingerprint density at radius 1 is 0.886 bits per heavy atom. The number of carbonyl (C=O) groups excluding carboxylic acids is 2. The van der Waals surface area contributed by atoms with Crippen molar-refractivity contribution in [2.75, 3.05) is 25.7 Å². The van der Waals surface area contributed by atoms with E-state index in [1.54, 1.807) is 66.7 Å². The Morgan fingerprint density at radius 3 is 2.26 bits per heavy atom. The predicted molar refractivity (Wildman–Crippen MR) is 133 cm³/mol. The summed E-state index contributed by atoms with van der Waals surface area (Å²) >= 11 is 0. The lowest BCUT2D eigenvalue weighted by Crippen LogP contribution is -2.29. The monoisotopic (exact) mass is 473 g/mol. The number of Topliss-reactive ketones (excluding diaryl/α,β-unsaturated/α-hetero) is 1. The zero-order valence-electron chi connectivity index (χ0n) is 19.9. The molecule has 1 unspecified atom stereocenters. The summed E-state index contributed by atoms with van der Waals surface area (Å²) in [5.41, 5.74) is 1.46. The van der Waals surface area contributed by atoms with Gasteiger partial charge < -0.3 is 19.3 Å². The highest BCUT2D eigenvalue weighted by atomic mass is 16.5. The molecule has 1 N–H and O–H groups in total. The second-order valence-electron chi connectivity index (χ2n) is 8.02. The van der Waals surface area contributed by atoms with Gasteiger partial charge in [0.2, 0.25) is 0 Å². The minimum Gasteiger partial charge on any atom is -0.507 e. The Labute approximate surface area is 204 Å². The SMILES string of the molecule is CCCOc1cccc(C2/C(=C(\O)c3cccc(OC)c3)C(=O)C(=O)N2c2cccc(OC)c2)c1. The summed E-state index contributed by atoms with van der Waals surface area (Å²) in [5.74, 6) is -0.136. The molecule has 35 heavy (non-hydrogen) atoms. The molecule has 3 aromatic carbocycles. The Hall–Kier alpha value is -4.26. The van der Waals surface area contributed by atoms with Crippen LogP contribution in [0.5, 0.6) is 17.2 Å². The van der Waals surface area contributed by atoms with E-state index in [9.17, 15) is 14.7 Å². The molecular formula is C28H27NO6. The number of rotatable bonds is 8. The minimum absolute atomic E-state index is 0.0151. The smallest absolute Gasteiger partial charge is 0.300 e. The molecule has 7 nitrogen and oxygen atoms in total. The summed E-state index contributed by atoms with van der Waals surface area (Å²) in [5, 5.41) is 11.3. The largest absolute Gasteiger partial charge is 0.507 e. The molecular weight excluding hydrogens is 446 g/mol. The lowest BCUT2D eigenvalue weighted by Gasteiger charge is -2.26. The number of methoxy groups -OCH3 is 2. The molecule has 1 atom stereocenters. The van der Waals surface area contributed by atoms with E-state index < -0.39 is 17.7 Å². The molecule has 180 valence electrons. The number of aliphatic hydroxyl groups excluding tert-OH is 1. The van der Waals surface area contributed by atoms with E-state index in [2.05, 4.69) is 0 Å². The third-order valence-electron chi connectivity index (χ3n) is 5.77. The van der Waals surface area contributed by atoms with Crippen LogP contribution in [0.4, 0.5) is 5.69 Å². The molecule has 0 saturated carbocycles. The average Bonchev–Trinajstić information content (AvgIpc) is 3.17. The predicted octanol–water partition coefficient (Wildman–Crippen LogP) is 5.12. The van der Waals surface area contributed by atoms with Crippen LogP contribution in [0.15, 0.2) is 78.4 Å². The van der Waals surface area contributed by atoms with Gasteiger partial charge in [-0.15, -0.1) is 0 Å². The molecule has 1 fully saturated rings. The minimum atomic E-state index is -0.876. The molecule has 1 aliphatic heterocycles. The maximum Gasteiger partial charge on any atom is 0.300 e. The summed E-state index contributed by atoms with van der Waals surface area (Å²) in [6.07, 6.45) is 0.836. The van der Waals surface area contributed by atoms with Gasteiger partial charge in [-0.25, -0.2) is 0 Å². The first-order valence-corrected chi connectivity index (χ1v) is 11.3. The van der Waals surface area contributed by atoms with E-state index in [1.807, 2.05) is 13.0 Å². The van der Waals surface area contributed by atoms with Gasteiger partial charge in [-0.05, 0) is 48.4 Å².